The first-order chi connectivity index (χ1) is 12.3. The van der Waals surface area contributed by atoms with E-state index in [1.54, 1.807) is 0 Å². The van der Waals surface area contributed by atoms with E-state index in [1.165, 1.54) is 6.92 Å². The number of aryl methyl sites for hydroxylation is 1. The fourth-order valence-electron chi connectivity index (χ4n) is 1.77. The van der Waals surface area contributed by atoms with Crippen LogP contribution in [0.5, 0.6) is 0 Å². The van der Waals surface area contributed by atoms with Crippen LogP contribution in [0.25, 0.3) is 0 Å². The van der Waals surface area contributed by atoms with Gasteiger partial charge in [-0.25, -0.2) is 4.79 Å². The van der Waals surface area contributed by atoms with Gasteiger partial charge in [0, 0.05) is 0 Å². The van der Waals surface area contributed by atoms with Gasteiger partial charge in [0.05, 0.1) is 13.2 Å². The van der Waals surface area contributed by atoms with E-state index in [4.69, 9.17) is 25.7 Å². The van der Waals surface area contributed by atoms with Crippen LogP contribution in [0.15, 0.2) is 24.3 Å². The Bertz CT molecular complexity index is 628. The largest absolute Gasteiger partial charge is 0.508 e. The minimum Gasteiger partial charge on any atom is -0.462 e. The summed E-state index contributed by atoms with van der Waals surface area (Å²) in [6.45, 7) is 2.68. The van der Waals surface area contributed by atoms with Gasteiger partial charge in [0.1, 0.15) is 25.2 Å². The number of esters is 1. The van der Waals surface area contributed by atoms with Crippen LogP contribution >= 0.6 is 0 Å². The van der Waals surface area contributed by atoms with E-state index in [2.05, 4.69) is 4.99 Å². The van der Waals surface area contributed by atoms with Crippen molar-refractivity contribution in [3.05, 3.63) is 35.4 Å². The van der Waals surface area contributed by atoms with Gasteiger partial charge in [-0.15, -0.1) is 0 Å². The minimum absolute atomic E-state index is 0.00521. The molecule has 0 saturated heterocycles. The summed E-state index contributed by atoms with van der Waals surface area (Å²) in [5.74, 6) is -0.714. The van der Waals surface area contributed by atoms with Crippen molar-refractivity contribution in [1.29, 1.82) is 0 Å². The molecule has 9 heteroatoms. The molecular formula is C17H26N3O6+. The zero-order valence-corrected chi connectivity index (χ0v) is 15.0. The molecule has 0 fully saturated rings. The van der Waals surface area contributed by atoms with E-state index in [1.807, 2.05) is 31.2 Å². The van der Waals surface area contributed by atoms with Crippen molar-refractivity contribution >= 4 is 18.1 Å². The smallest absolute Gasteiger partial charge is 0.462 e. The number of hydrogen-bond donors (Lipinski definition) is 4. The molecule has 0 bridgehead atoms. The van der Waals surface area contributed by atoms with Crippen LogP contribution in [0.1, 0.15) is 18.1 Å². The maximum absolute atomic E-state index is 12.1. The molecule has 144 valence electrons. The second-order valence-electron chi connectivity index (χ2n) is 6.05. The van der Waals surface area contributed by atoms with Crippen LogP contribution < -0.4 is 16.5 Å². The van der Waals surface area contributed by atoms with Gasteiger partial charge in [-0.2, -0.15) is 0 Å². The lowest BCUT2D eigenvalue weighted by molar-refractivity contribution is -0.462. The molecule has 0 spiro atoms. The molecular weight excluding hydrogens is 342 g/mol. The number of nitrogens with one attached hydrogen (secondary N) is 1. The number of carbonyl (C=O) groups is 2. The summed E-state index contributed by atoms with van der Waals surface area (Å²) in [5, 5.41) is 9.45. The molecule has 0 heterocycles. The van der Waals surface area contributed by atoms with Crippen molar-refractivity contribution < 1.29 is 33.9 Å². The van der Waals surface area contributed by atoms with Crippen LogP contribution in [0, 0.1) is 12.3 Å². The first kappa shape index (κ1) is 21.2. The molecule has 0 aromatic heterocycles. The molecule has 0 aliphatic rings. The molecule has 1 unspecified atom stereocenters. The normalized spacial score (nSPS) is 12.6. The van der Waals surface area contributed by atoms with Crippen LogP contribution in [0.4, 0.5) is 4.79 Å². The van der Waals surface area contributed by atoms with Gasteiger partial charge in [0.25, 0.3) is 0 Å². The van der Waals surface area contributed by atoms with Gasteiger partial charge in [0.2, 0.25) is 0 Å². The first-order valence-electron chi connectivity index (χ1n) is 8.02. The first-order valence-corrected chi connectivity index (χ1v) is 8.02. The molecule has 0 amide bonds. The third-order valence-corrected chi connectivity index (χ3v) is 3.49. The number of benzene rings is 1. The Balaban J connectivity index is 2.42. The predicted molar refractivity (Wildman–Crippen MR) is 92.7 cm³/mol. The summed E-state index contributed by atoms with van der Waals surface area (Å²) in [5.41, 5.74) is 10.9. The number of guanidine groups is 1. The Morgan fingerprint density at radius 2 is 1.81 bits per heavy atom. The number of aliphatic hydroxyl groups excluding tert-OH is 1. The maximum atomic E-state index is 12.1. The van der Waals surface area contributed by atoms with Crippen molar-refractivity contribution in [3.8, 4) is 0 Å². The Morgan fingerprint density at radius 3 is 2.38 bits per heavy atom. The van der Waals surface area contributed by atoms with Crippen LogP contribution in [-0.4, -0.2) is 49.6 Å². The molecule has 1 rings (SSSR count). The third-order valence-electron chi connectivity index (χ3n) is 3.49. The molecule has 26 heavy (non-hydrogen) atoms. The number of rotatable bonds is 9. The van der Waals surface area contributed by atoms with E-state index in [0.717, 1.165) is 11.1 Å². The van der Waals surface area contributed by atoms with Crippen molar-refractivity contribution in [3.63, 3.8) is 0 Å². The van der Waals surface area contributed by atoms with E-state index in [0.29, 0.717) is 0 Å². The molecule has 0 aliphatic heterocycles. The van der Waals surface area contributed by atoms with Crippen molar-refractivity contribution in [1.82, 2.24) is 0 Å². The lowest BCUT2D eigenvalue weighted by atomic mass is 9.93. The summed E-state index contributed by atoms with van der Waals surface area (Å²) in [4.78, 5) is 26.3. The monoisotopic (exact) mass is 368 g/mol. The number of carbonyl (C=O) groups excluding carboxylic acids is 2. The predicted octanol–water partition coefficient (Wildman–Crippen LogP) is -1.46. The van der Waals surface area contributed by atoms with E-state index in [9.17, 15) is 14.7 Å². The van der Waals surface area contributed by atoms with Crippen LogP contribution in [0.3, 0.4) is 0 Å². The molecule has 1 atom stereocenters. The van der Waals surface area contributed by atoms with Gasteiger partial charge in [-0.05, 0) is 19.4 Å². The third kappa shape index (κ3) is 7.39. The van der Waals surface area contributed by atoms with E-state index >= 15 is 0 Å². The Hall–Kier alpha value is -2.81. The highest BCUT2D eigenvalue weighted by molar-refractivity contribution is 5.77. The SMILES string of the molecule is Cc1ccc(COC(=O)OCC(C)(CO)C(=O)OCC[NH+]=C(N)N)cc1. The van der Waals surface area contributed by atoms with Crippen molar-refractivity contribution in [2.24, 2.45) is 16.9 Å². The summed E-state index contributed by atoms with van der Waals surface area (Å²) in [7, 11) is 0. The lowest BCUT2D eigenvalue weighted by Crippen LogP contribution is -2.79. The van der Waals surface area contributed by atoms with Gasteiger partial charge >= 0.3 is 18.1 Å². The fourth-order valence-corrected chi connectivity index (χ4v) is 1.77. The Kier molecular flexibility index (Phi) is 8.36. The number of nitrogens with two attached hydrogens (primary N) is 2. The summed E-state index contributed by atoms with van der Waals surface area (Å²) in [6, 6.07) is 7.45. The second-order valence-corrected chi connectivity index (χ2v) is 6.05. The number of ether oxygens (including phenoxy) is 3. The minimum atomic E-state index is -1.40. The number of aliphatic hydroxyl groups is 1. The quantitative estimate of drug-likeness (QED) is 0.179. The summed E-state index contributed by atoms with van der Waals surface area (Å²) >= 11 is 0. The summed E-state index contributed by atoms with van der Waals surface area (Å²) in [6.07, 6.45) is -0.940. The standard InChI is InChI=1S/C17H25N3O6/c1-12-3-5-13(6-4-12)9-25-16(23)26-11-17(2,10-21)14(22)24-8-7-20-15(18)19/h3-6,21H,7-11H2,1-2H3,(H4,18,19,20)/p+1. The van der Waals surface area contributed by atoms with Gasteiger partial charge in [-0.1, -0.05) is 29.8 Å². The van der Waals surface area contributed by atoms with Crippen LogP contribution in [-0.2, 0) is 25.6 Å². The van der Waals surface area contributed by atoms with E-state index in [-0.39, 0.29) is 32.3 Å². The highest BCUT2D eigenvalue weighted by Crippen LogP contribution is 2.18. The van der Waals surface area contributed by atoms with Crippen molar-refractivity contribution in [2.45, 2.75) is 20.5 Å². The molecule has 1 aromatic rings. The average molecular weight is 368 g/mol. The molecule has 0 aliphatic carbocycles. The Morgan fingerprint density at radius 1 is 1.15 bits per heavy atom. The van der Waals surface area contributed by atoms with Crippen LogP contribution in [0.2, 0.25) is 0 Å². The molecule has 1 aromatic carbocycles. The lowest BCUT2D eigenvalue weighted by Gasteiger charge is -2.24. The topological polar surface area (TPSA) is 148 Å². The van der Waals surface area contributed by atoms with Gasteiger partial charge in [-0.3, -0.25) is 21.3 Å². The fraction of sp³-hybridized carbons (Fsp3) is 0.471. The molecule has 9 nitrogen and oxygen atoms in total. The molecule has 0 saturated carbocycles. The summed E-state index contributed by atoms with van der Waals surface area (Å²) < 4.78 is 14.9. The Labute approximate surface area is 151 Å². The van der Waals surface area contributed by atoms with Gasteiger partial charge in [0.15, 0.2) is 0 Å². The van der Waals surface area contributed by atoms with Gasteiger partial charge < -0.3 is 19.3 Å². The maximum Gasteiger partial charge on any atom is 0.508 e. The zero-order chi connectivity index (χ0) is 19.6. The average Bonchev–Trinajstić information content (AvgIpc) is 2.62. The molecule has 0 radical (unpaired) electrons. The highest BCUT2D eigenvalue weighted by atomic mass is 16.7. The van der Waals surface area contributed by atoms with E-state index < -0.39 is 24.1 Å². The zero-order valence-electron chi connectivity index (χ0n) is 15.0. The highest BCUT2D eigenvalue weighted by Gasteiger charge is 2.36. The molecule has 6 N–H and O–H groups in total. The second kappa shape index (κ2) is 10.2. The van der Waals surface area contributed by atoms with Crippen molar-refractivity contribution in [2.75, 3.05) is 26.4 Å². The number of hydrogen-bond acceptors (Lipinski definition) is 6.